The second-order valence-corrected chi connectivity index (χ2v) is 3.45. The molecule has 0 saturated carbocycles. The molecule has 0 aromatic carbocycles. The van der Waals surface area contributed by atoms with Crippen molar-refractivity contribution in [1.82, 2.24) is 10.2 Å². The van der Waals surface area contributed by atoms with Crippen molar-refractivity contribution in [2.24, 2.45) is 4.99 Å². The number of ether oxygens (including phenoxy) is 1. The average molecular weight is 183 g/mol. The van der Waals surface area contributed by atoms with Crippen LogP contribution in [0.15, 0.2) is 4.99 Å². The van der Waals surface area contributed by atoms with Crippen molar-refractivity contribution >= 4 is 5.84 Å². The first kappa shape index (κ1) is 8.97. The standard InChI is InChI=1S/C9H17N3O/c1-2-12-5-6-13-8(7-12)9-10-3-4-11-9/h8H,2-7H2,1H3,(H,10,11). The maximum atomic E-state index is 5.66. The van der Waals surface area contributed by atoms with Gasteiger partial charge in [-0.15, -0.1) is 0 Å². The summed E-state index contributed by atoms with van der Waals surface area (Å²) in [5.74, 6) is 1.05. The van der Waals surface area contributed by atoms with Crippen LogP contribution in [-0.4, -0.2) is 56.2 Å². The van der Waals surface area contributed by atoms with E-state index in [0.717, 1.165) is 45.2 Å². The highest BCUT2D eigenvalue weighted by molar-refractivity contribution is 5.88. The van der Waals surface area contributed by atoms with Crippen LogP contribution in [0.1, 0.15) is 6.92 Å². The van der Waals surface area contributed by atoms with Gasteiger partial charge in [-0.2, -0.15) is 0 Å². The summed E-state index contributed by atoms with van der Waals surface area (Å²) < 4.78 is 5.66. The number of hydrogen-bond acceptors (Lipinski definition) is 4. The third kappa shape index (κ3) is 2.00. The zero-order valence-corrected chi connectivity index (χ0v) is 8.12. The molecule has 0 amide bonds. The molecule has 1 atom stereocenters. The molecule has 0 radical (unpaired) electrons. The predicted molar refractivity (Wildman–Crippen MR) is 52.2 cm³/mol. The summed E-state index contributed by atoms with van der Waals surface area (Å²) in [6.45, 7) is 8.05. The van der Waals surface area contributed by atoms with Gasteiger partial charge < -0.3 is 10.1 Å². The summed E-state index contributed by atoms with van der Waals surface area (Å²) in [5, 5.41) is 3.27. The molecule has 74 valence electrons. The molecule has 2 aliphatic rings. The number of amidine groups is 1. The summed E-state index contributed by atoms with van der Waals surface area (Å²) in [5.41, 5.74) is 0. The van der Waals surface area contributed by atoms with Crippen LogP contribution in [0.4, 0.5) is 0 Å². The normalized spacial score (nSPS) is 29.9. The van der Waals surface area contributed by atoms with Gasteiger partial charge >= 0.3 is 0 Å². The Morgan fingerprint density at radius 2 is 2.62 bits per heavy atom. The maximum absolute atomic E-state index is 5.66. The highest BCUT2D eigenvalue weighted by Gasteiger charge is 2.25. The molecule has 1 unspecified atom stereocenters. The number of rotatable bonds is 2. The Labute approximate surface area is 79.0 Å². The van der Waals surface area contributed by atoms with E-state index in [0.29, 0.717) is 0 Å². The van der Waals surface area contributed by atoms with Gasteiger partial charge in [0.1, 0.15) is 11.9 Å². The monoisotopic (exact) mass is 183 g/mol. The van der Waals surface area contributed by atoms with Crippen molar-refractivity contribution in [3.8, 4) is 0 Å². The lowest BCUT2D eigenvalue weighted by molar-refractivity contribution is 0.00759. The topological polar surface area (TPSA) is 36.9 Å². The number of nitrogens with one attached hydrogen (secondary N) is 1. The lowest BCUT2D eigenvalue weighted by atomic mass is 10.2. The fourth-order valence-electron chi connectivity index (χ4n) is 1.79. The highest BCUT2D eigenvalue weighted by atomic mass is 16.5. The summed E-state index contributed by atoms with van der Waals surface area (Å²) in [7, 11) is 0. The molecule has 0 aliphatic carbocycles. The lowest BCUT2D eigenvalue weighted by Gasteiger charge is -2.31. The Morgan fingerprint density at radius 3 is 3.31 bits per heavy atom. The minimum atomic E-state index is 0.191. The van der Waals surface area contributed by atoms with Crippen LogP contribution < -0.4 is 5.32 Å². The van der Waals surface area contributed by atoms with E-state index >= 15 is 0 Å². The molecule has 4 nitrogen and oxygen atoms in total. The van der Waals surface area contributed by atoms with E-state index in [1.54, 1.807) is 0 Å². The summed E-state index contributed by atoms with van der Waals surface area (Å²) in [4.78, 5) is 6.78. The van der Waals surface area contributed by atoms with Gasteiger partial charge in [0.25, 0.3) is 0 Å². The molecule has 13 heavy (non-hydrogen) atoms. The molecule has 1 saturated heterocycles. The van der Waals surface area contributed by atoms with Crippen LogP contribution in [0.2, 0.25) is 0 Å². The van der Waals surface area contributed by atoms with Crippen molar-refractivity contribution in [2.75, 3.05) is 39.3 Å². The van der Waals surface area contributed by atoms with E-state index in [1.165, 1.54) is 0 Å². The third-order valence-corrected chi connectivity index (χ3v) is 2.60. The van der Waals surface area contributed by atoms with E-state index in [9.17, 15) is 0 Å². The van der Waals surface area contributed by atoms with Crippen LogP contribution in [0.5, 0.6) is 0 Å². The van der Waals surface area contributed by atoms with Gasteiger partial charge in [0.2, 0.25) is 0 Å². The molecule has 0 aromatic rings. The first-order valence-corrected chi connectivity index (χ1v) is 5.02. The van der Waals surface area contributed by atoms with Gasteiger partial charge in [-0.1, -0.05) is 6.92 Å². The highest BCUT2D eigenvalue weighted by Crippen LogP contribution is 2.07. The average Bonchev–Trinajstić information content (AvgIpc) is 2.71. The molecule has 0 aromatic heterocycles. The summed E-state index contributed by atoms with van der Waals surface area (Å²) in [6.07, 6.45) is 0.191. The molecule has 2 rings (SSSR count). The molecule has 0 spiro atoms. The second kappa shape index (κ2) is 4.07. The SMILES string of the molecule is CCN1CCOC(C2=NCCN2)C1. The first-order chi connectivity index (χ1) is 6.40. The van der Waals surface area contributed by atoms with Crippen LogP contribution >= 0.6 is 0 Å². The largest absolute Gasteiger partial charge is 0.370 e. The first-order valence-electron chi connectivity index (χ1n) is 5.02. The number of morpholine rings is 1. The third-order valence-electron chi connectivity index (χ3n) is 2.60. The van der Waals surface area contributed by atoms with E-state index in [1.807, 2.05) is 0 Å². The summed E-state index contributed by atoms with van der Waals surface area (Å²) >= 11 is 0. The quantitative estimate of drug-likeness (QED) is 0.639. The fraction of sp³-hybridized carbons (Fsp3) is 0.889. The maximum Gasteiger partial charge on any atom is 0.127 e. The zero-order valence-electron chi connectivity index (χ0n) is 8.12. The van der Waals surface area contributed by atoms with Gasteiger partial charge in [-0.3, -0.25) is 9.89 Å². The molecule has 4 heteroatoms. The van der Waals surface area contributed by atoms with Crippen LogP contribution in [-0.2, 0) is 4.74 Å². The molecular formula is C9H17N3O. The van der Waals surface area contributed by atoms with Crippen molar-refractivity contribution in [3.63, 3.8) is 0 Å². The smallest absolute Gasteiger partial charge is 0.127 e. The molecule has 0 bridgehead atoms. The van der Waals surface area contributed by atoms with Crippen molar-refractivity contribution in [2.45, 2.75) is 13.0 Å². The number of likely N-dealkylation sites (N-methyl/N-ethyl adjacent to an activating group) is 1. The summed E-state index contributed by atoms with van der Waals surface area (Å²) in [6, 6.07) is 0. The number of aliphatic imine (C=N–C) groups is 1. The van der Waals surface area contributed by atoms with Crippen LogP contribution in [0.25, 0.3) is 0 Å². The zero-order chi connectivity index (χ0) is 9.10. The molecule has 1 fully saturated rings. The lowest BCUT2D eigenvalue weighted by Crippen LogP contribution is -2.48. The van der Waals surface area contributed by atoms with Crippen molar-refractivity contribution in [3.05, 3.63) is 0 Å². The van der Waals surface area contributed by atoms with E-state index in [2.05, 4.69) is 22.1 Å². The van der Waals surface area contributed by atoms with Gasteiger partial charge in [0.15, 0.2) is 0 Å². The van der Waals surface area contributed by atoms with Gasteiger partial charge in [0, 0.05) is 19.6 Å². The fourth-order valence-corrected chi connectivity index (χ4v) is 1.79. The number of nitrogens with zero attached hydrogens (tertiary/aromatic N) is 2. The van der Waals surface area contributed by atoms with Crippen LogP contribution in [0, 0.1) is 0 Å². The van der Waals surface area contributed by atoms with Gasteiger partial charge in [0.05, 0.1) is 13.2 Å². The predicted octanol–water partition coefficient (Wildman–Crippen LogP) is -0.291. The minimum Gasteiger partial charge on any atom is -0.370 e. The van der Waals surface area contributed by atoms with Crippen LogP contribution in [0.3, 0.4) is 0 Å². The van der Waals surface area contributed by atoms with Crippen molar-refractivity contribution in [1.29, 1.82) is 0 Å². The van der Waals surface area contributed by atoms with Gasteiger partial charge in [-0.25, -0.2) is 0 Å². The Hall–Kier alpha value is -0.610. The molecular weight excluding hydrogens is 166 g/mol. The van der Waals surface area contributed by atoms with E-state index in [-0.39, 0.29) is 6.10 Å². The molecule has 2 aliphatic heterocycles. The Balaban J connectivity index is 1.91. The van der Waals surface area contributed by atoms with Gasteiger partial charge in [-0.05, 0) is 6.54 Å². The Kier molecular flexibility index (Phi) is 2.80. The van der Waals surface area contributed by atoms with E-state index < -0.39 is 0 Å². The Bertz CT molecular complexity index is 205. The number of hydrogen-bond donors (Lipinski definition) is 1. The van der Waals surface area contributed by atoms with E-state index in [4.69, 9.17) is 4.74 Å². The van der Waals surface area contributed by atoms with Crippen molar-refractivity contribution < 1.29 is 4.74 Å². The molecule has 2 heterocycles. The molecule has 1 N–H and O–H groups in total. The Morgan fingerprint density at radius 1 is 1.69 bits per heavy atom. The second-order valence-electron chi connectivity index (χ2n) is 3.45. The minimum absolute atomic E-state index is 0.191.